The highest BCUT2D eigenvalue weighted by molar-refractivity contribution is 4.68. The molecule has 0 spiro atoms. The van der Waals surface area contributed by atoms with Crippen LogP contribution in [-0.4, -0.2) is 42.3 Å². The van der Waals surface area contributed by atoms with E-state index >= 15 is 0 Å². The van der Waals surface area contributed by atoms with Crippen LogP contribution in [0.1, 0.15) is 0 Å². The SMILES string of the molecule is C[n+]1ccn(CCN2CCOCC2)c1. The van der Waals surface area contributed by atoms with E-state index in [2.05, 4.69) is 32.8 Å². The molecule has 78 valence electrons. The number of imidazole rings is 1. The van der Waals surface area contributed by atoms with E-state index < -0.39 is 0 Å². The van der Waals surface area contributed by atoms with Gasteiger partial charge in [-0.3, -0.25) is 4.90 Å². The first-order valence-corrected chi connectivity index (χ1v) is 5.16. The Hall–Kier alpha value is -0.870. The van der Waals surface area contributed by atoms with Crippen LogP contribution >= 0.6 is 0 Å². The lowest BCUT2D eigenvalue weighted by Gasteiger charge is -2.25. The van der Waals surface area contributed by atoms with E-state index in [0.29, 0.717) is 0 Å². The third-order valence-corrected chi connectivity index (χ3v) is 2.60. The molecule has 1 aromatic rings. The maximum atomic E-state index is 5.30. The molecule has 4 nitrogen and oxygen atoms in total. The number of aromatic nitrogens is 2. The number of rotatable bonds is 3. The van der Waals surface area contributed by atoms with Gasteiger partial charge in [-0.15, -0.1) is 0 Å². The lowest BCUT2D eigenvalue weighted by atomic mass is 10.4. The first-order valence-electron chi connectivity index (χ1n) is 5.16. The number of morpholine rings is 1. The quantitative estimate of drug-likeness (QED) is 0.616. The van der Waals surface area contributed by atoms with E-state index in [0.717, 1.165) is 39.4 Å². The molecule has 4 heteroatoms. The third-order valence-electron chi connectivity index (χ3n) is 2.60. The van der Waals surface area contributed by atoms with Gasteiger partial charge >= 0.3 is 0 Å². The Kier molecular flexibility index (Phi) is 3.16. The Balaban J connectivity index is 1.76. The molecular formula is C10H18N3O+. The monoisotopic (exact) mass is 196 g/mol. The second-order valence-corrected chi connectivity index (χ2v) is 3.77. The third kappa shape index (κ3) is 2.56. The Morgan fingerprint density at radius 1 is 1.29 bits per heavy atom. The molecule has 1 fully saturated rings. The standard InChI is InChI=1S/C10H18N3O/c1-11-2-3-13(10-11)5-4-12-6-8-14-9-7-12/h2-3,10H,4-9H2,1H3/q+1. The number of hydrogen-bond acceptors (Lipinski definition) is 2. The van der Waals surface area contributed by atoms with Crippen molar-refractivity contribution in [2.45, 2.75) is 6.54 Å². The normalized spacial score (nSPS) is 18.6. The van der Waals surface area contributed by atoms with Gasteiger partial charge in [0.25, 0.3) is 0 Å². The molecule has 0 bridgehead atoms. The fraction of sp³-hybridized carbons (Fsp3) is 0.700. The van der Waals surface area contributed by atoms with Crippen molar-refractivity contribution in [3.63, 3.8) is 0 Å². The fourth-order valence-electron chi connectivity index (χ4n) is 1.72. The van der Waals surface area contributed by atoms with Crippen LogP contribution in [0, 0.1) is 0 Å². The first kappa shape index (κ1) is 9.68. The second kappa shape index (κ2) is 4.57. The summed E-state index contributed by atoms with van der Waals surface area (Å²) in [4.78, 5) is 2.45. The summed E-state index contributed by atoms with van der Waals surface area (Å²) in [5, 5.41) is 0. The van der Waals surface area contributed by atoms with E-state index in [9.17, 15) is 0 Å². The zero-order valence-corrected chi connectivity index (χ0v) is 8.72. The van der Waals surface area contributed by atoms with Crippen molar-refractivity contribution >= 4 is 0 Å². The second-order valence-electron chi connectivity index (χ2n) is 3.77. The van der Waals surface area contributed by atoms with Crippen molar-refractivity contribution in [2.24, 2.45) is 7.05 Å². The van der Waals surface area contributed by atoms with Gasteiger partial charge in [0.1, 0.15) is 18.9 Å². The molecule has 1 aromatic heterocycles. The lowest BCUT2D eigenvalue weighted by molar-refractivity contribution is -0.671. The van der Waals surface area contributed by atoms with Crippen LogP contribution in [0.3, 0.4) is 0 Å². The Bertz CT molecular complexity index is 279. The Labute approximate surface area is 84.7 Å². The van der Waals surface area contributed by atoms with E-state index in [1.165, 1.54) is 0 Å². The van der Waals surface area contributed by atoms with Crippen LogP contribution in [0.4, 0.5) is 0 Å². The van der Waals surface area contributed by atoms with Gasteiger partial charge in [0.05, 0.1) is 20.3 Å². The maximum Gasteiger partial charge on any atom is 0.243 e. The predicted octanol–water partition coefficient (Wildman–Crippen LogP) is -0.355. The van der Waals surface area contributed by atoms with Gasteiger partial charge in [-0.1, -0.05) is 0 Å². The van der Waals surface area contributed by atoms with Crippen molar-refractivity contribution < 1.29 is 9.30 Å². The molecule has 1 saturated heterocycles. The van der Waals surface area contributed by atoms with Gasteiger partial charge < -0.3 is 4.74 Å². The largest absolute Gasteiger partial charge is 0.379 e. The minimum Gasteiger partial charge on any atom is -0.379 e. The lowest BCUT2D eigenvalue weighted by Crippen LogP contribution is -2.38. The summed E-state index contributed by atoms with van der Waals surface area (Å²) in [6, 6.07) is 0. The molecule has 0 aromatic carbocycles. The smallest absolute Gasteiger partial charge is 0.243 e. The molecule has 2 rings (SSSR count). The number of aryl methyl sites for hydroxylation is 1. The molecule has 2 heterocycles. The van der Waals surface area contributed by atoms with Gasteiger partial charge in [-0.05, 0) is 0 Å². The minimum atomic E-state index is 0.888. The summed E-state index contributed by atoms with van der Waals surface area (Å²) in [5.74, 6) is 0. The zero-order chi connectivity index (χ0) is 9.80. The Morgan fingerprint density at radius 2 is 2.07 bits per heavy atom. The van der Waals surface area contributed by atoms with Crippen LogP contribution in [0.15, 0.2) is 18.7 Å². The van der Waals surface area contributed by atoms with Crippen molar-refractivity contribution in [2.75, 3.05) is 32.8 Å². The van der Waals surface area contributed by atoms with Gasteiger partial charge in [0.2, 0.25) is 6.33 Å². The molecule has 1 aliphatic heterocycles. The topological polar surface area (TPSA) is 21.3 Å². The van der Waals surface area contributed by atoms with E-state index in [1.807, 2.05) is 7.05 Å². The fourth-order valence-corrected chi connectivity index (χ4v) is 1.72. The summed E-state index contributed by atoms with van der Waals surface area (Å²) < 4.78 is 9.59. The molecule has 0 aliphatic carbocycles. The zero-order valence-electron chi connectivity index (χ0n) is 8.72. The number of ether oxygens (including phenoxy) is 1. The van der Waals surface area contributed by atoms with Crippen LogP contribution in [-0.2, 0) is 18.3 Å². The molecule has 1 aliphatic rings. The van der Waals surface area contributed by atoms with Gasteiger partial charge in [0, 0.05) is 19.6 Å². The van der Waals surface area contributed by atoms with Gasteiger partial charge in [0.15, 0.2) is 0 Å². The van der Waals surface area contributed by atoms with E-state index in [-0.39, 0.29) is 0 Å². The molecule has 0 amide bonds. The van der Waals surface area contributed by atoms with Crippen LogP contribution in [0.25, 0.3) is 0 Å². The molecule has 0 radical (unpaired) electrons. The molecule has 0 N–H and O–H groups in total. The van der Waals surface area contributed by atoms with Crippen LogP contribution < -0.4 is 4.57 Å². The van der Waals surface area contributed by atoms with Crippen molar-refractivity contribution in [3.05, 3.63) is 18.7 Å². The van der Waals surface area contributed by atoms with Gasteiger partial charge in [-0.25, -0.2) is 9.13 Å². The molecular weight excluding hydrogens is 178 g/mol. The average Bonchev–Trinajstić information content (AvgIpc) is 2.63. The highest BCUT2D eigenvalue weighted by atomic mass is 16.5. The molecule has 14 heavy (non-hydrogen) atoms. The van der Waals surface area contributed by atoms with Crippen molar-refractivity contribution in [1.29, 1.82) is 0 Å². The average molecular weight is 196 g/mol. The highest BCUT2D eigenvalue weighted by Gasteiger charge is 2.10. The highest BCUT2D eigenvalue weighted by Crippen LogP contribution is 1.97. The predicted molar refractivity (Wildman–Crippen MR) is 52.9 cm³/mol. The summed E-state index contributed by atoms with van der Waals surface area (Å²) in [5.41, 5.74) is 0. The summed E-state index contributed by atoms with van der Waals surface area (Å²) in [7, 11) is 2.05. The summed E-state index contributed by atoms with van der Waals surface area (Å²) in [6.45, 7) is 6.12. The number of nitrogens with zero attached hydrogens (tertiary/aromatic N) is 3. The van der Waals surface area contributed by atoms with E-state index in [1.54, 1.807) is 0 Å². The number of hydrogen-bond donors (Lipinski definition) is 0. The van der Waals surface area contributed by atoms with Crippen LogP contribution in [0.5, 0.6) is 0 Å². The Morgan fingerprint density at radius 3 is 2.71 bits per heavy atom. The van der Waals surface area contributed by atoms with Crippen LogP contribution in [0.2, 0.25) is 0 Å². The molecule has 0 saturated carbocycles. The maximum absolute atomic E-state index is 5.30. The first-order chi connectivity index (χ1) is 6.84. The molecule has 0 unspecified atom stereocenters. The van der Waals surface area contributed by atoms with Crippen molar-refractivity contribution in [3.8, 4) is 0 Å². The van der Waals surface area contributed by atoms with E-state index in [4.69, 9.17) is 4.74 Å². The summed E-state index contributed by atoms with van der Waals surface area (Å²) >= 11 is 0. The van der Waals surface area contributed by atoms with Crippen molar-refractivity contribution in [1.82, 2.24) is 9.47 Å². The molecule has 0 atom stereocenters. The minimum absolute atomic E-state index is 0.888. The summed E-state index contributed by atoms with van der Waals surface area (Å²) in [6.07, 6.45) is 6.29. The van der Waals surface area contributed by atoms with Gasteiger partial charge in [-0.2, -0.15) is 0 Å².